The lowest BCUT2D eigenvalue weighted by molar-refractivity contribution is 0.347. The standard InChI is InChI=1S/C15H24N4/c1-14(2,9-19-15(3,4)8-16)11-5-6-12-13(7-11)18-10-17-12/h5-7,10,19H,8-9,16H2,1-4H3,(H,17,18). The normalized spacial score (nSPS) is 13.1. The summed E-state index contributed by atoms with van der Waals surface area (Å²) in [5.41, 5.74) is 9.17. The van der Waals surface area contributed by atoms with Crippen LogP contribution < -0.4 is 11.1 Å². The number of rotatable bonds is 5. The van der Waals surface area contributed by atoms with E-state index in [0.717, 1.165) is 17.6 Å². The summed E-state index contributed by atoms with van der Waals surface area (Å²) < 4.78 is 0. The molecule has 0 atom stereocenters. The van der Waals surface area contributed by atoms with Gasteiger partial charge in [0.2, 0.25) is 0 Å². The Hall–Kier alpha value is -1.39. The summed E-state index contributed by atoms with van der Waals surface area (Å²) in [5, 5.41) is 3.54. The number of H-pyrrole nitrogens is 1. The average molecular weight is 260 g/mol. The minimum absolute atomic E-state index is 0.0324. The quantitative estimate of drug-likeness (QED) is 0.772. The third kappa shape index (κ3) is 3.14. The van der Waals surface area contributed by atoms with Gasteiger partial charge < -0.3 is 16.0 Å². The molecule has 0 saturated heterocycles. The van der Waals surface area contributed by atoms with Gasteiger partial charge in [-0.3, -0.25) is 0 Å². The number of benzene rings is 1. The summed E-state index contributed by atoms with van der Waals surface area (Å²) in [7, 11) is 0. The number of hydrogen-bond acceptors (Lipinski definition) is 3. The predicted molar refractivity (Wildman–Crippen MR) is 80.3 cm³/mol. The lowest BCUT2D eigenvalue weighted by Gasteiger charge is -2.32. The lowest BCUT2D eigenvalue weighted by Crippen LogP contribution is -2.50. The van der Waals surface area contributed by atoms with Crippen LogP contribution >= 0.6 is 0 Å². The van der Waals surface area contributed by atoms with Crippen molar-refractivity contribution < 1.29 is 0 Å². The van der Waals surface area contributed by atoms with Gasteiger partial charge in [-0.15, -0.1) is 0 Å². The molecule has 4 N–H and O–H groups in total. The fraction of sp³-hybridized carbons (Fsp3) is 0.533. The summed E-state index contributed by atoms with van der Waals surface area (Å²) in [4.78, 5) is 7.42. The summed E-state index contributed by atoms with van der Waals surface area (Å²) in [6.07, 6.45) is 1.73. The Bertz CT molecular complexity index is 554. The van der Waals surface area contributed by atoms with Gasteiger partial charge >= 0.3 is 0 Å². The smallest absolute Gasteiger partial charge is 0.0931 e. The van der Waals surface area contributed by atoms with Crippen LogP contribution in [0.1, 0.15) is 33.3 Å². The van der Waals surface area contributed by atoms with Crippen molar-refractivity contribution in [2.45, 2.75) is 38.6 Å². The monoisotopic (exact) mass is 260 g/mol. The molecule has 1 aromatic heterocycles. The van der Waals surface area contributed by atoms with Crippen LogP contribution in [-0.4, -0.2) is 28.6 Å². The Labute approximate surface area is 114 Å². The number of aromatic nitrogens is 2. The van der Waals surface area contributed by atoms with E-state index in [1.165, 1.54) is 5.56 Å². The van der Waals surface area contributed by atoms with Crippen LogP contribution in [0.5, 0.6) is 0 Å². The fourth-order valence-electron chi connectivity index (χ4n) is 1.99. The van der Waals surface area contributed by atoms with Crippen molar-refractivity contribution >= 4 is 11.0 Å². The average Bonchev–Trinajstić information content (AvgIpc) is 2.84. The maximum atomic E-state index is 5.76. The van der Waals surface area contributed by atoms with Crippen LogP contribution in [0.25, 0.3) is 11.0 Å². The van der Waals surface area contributed by atoms with E-state index in [2.05, 4.69) is 61.2 Å². The van der Waals surface area contributed by atoms with Gasteiger partial charge in [0.25, 0.3) is 0 Å². The van der Waals surface area contributed by atoms with Crippen molar-refractivity contribution in [2.24, 2.45) is 5.73 Å². The predicted octanol–water partition coefficient (Wildman–Crippen LogP) is 2.17. The molecule has 0 radical (unpaired) electrons. The maximum absolute atomic E-state index is 5.76. The molecule has 2 rings (SSSR count). The minimum Gasteiger partial charge on any atom is -0.345 e. The van der Waals surface area contributed by atoms with E-state index >= 15 is 0 Å². The van der Waals surface area contributed by atoms with E-state index < -0.39 is 0 Å². The number of fused-ring (bicyclic) bond motifs is 1. The first kappa shape index (κ1) is 14.0. The van der Waals surface area contributed by atoms with Crippen LogP contribution in [0.4, 0.5) is 0 Å². The van der Waals surface area contributed by atoms with Crippen LogP contribution in [-0.2, 0) is 5.41 Å². The van der Waals surface area contributed by atoms with Crippen molar-refractivity contribution in [3.05, 3.63) is 30.1 Å². The highest BCUT2D eigenvalue weighted by atomic mass is 15.0. The molecule has 19 heavy (non-hydrogen) atoms. The van der Waals surface area contributed by atoms with E-state index in [9.17, 15) is 0 Å². The summed E-state index contributed by atoms with van der Waals surface area (Å²) >= 11 is 0. The highest BCUT2D eigenvalue weighted by Gasteiger charge is 2.24. The van der Waals surface area contributed by atoms with Crippen LogP contribution in [0, 0.1) is 0 Å². The van der Waals surface area contributed by atoms with E-state index in [1.807, 2.05) is 0 Å². The number of aromatic amines is 1. The fourth-order valence-corrected chi connectivity index (χ4v) is 1.99. The molecule has 0 fully saturated rings. The molecule has 1 heterocycles. The second-order valence-corrected chi connectivity index (χ2v) is 6.46. The van der Waals surface area contributed by atoms with E-state index in [0.29, 0.717) is 6.54 Å². The summed E-state index contributed by atoms with van der Waals surface area (Å²) in [6, 6.07) is 6.40. The molecule has 4 heteroatoms. The first-order valence-electron chi connectivity index (χ1n) is 6.73. The van der Waals surface area contributed by atoms with Gasteiger partial charge in [-0.25, -0.2) is 4.98 Å². The molecule has 0 saturated carbocycles. The number of nitrogens with zero attached hydrogens (tertiary/aromatic N) is 1. The van der Waals surface area contributed by atoms with Crippen LogP contribution in [0.2, 0.25) is 0 Å². The number of nitrogens with two attached hydrogens (primary N) is 1. The van der Waals surface area contributed by atoms with Gasteiger partial charge in [0.05, 0.1) is 17.4 Å². The van der Waals surface area contributed by atoms with E-state index in [4.69, 9.17) is 5.73 Å². The molecule has 1 aromatic carbocycles. The molecule has 2 aromatic rings. The topological polar surface area (TPSA) is 66.7 Å². The molecular formula is C15H24N4. The van der Waals surface area contributed by atoms with Crippen molar-refractivity contribution in [1.29, 1.82) is 0 Å². The molecule has 4 nitrogen and oxygen atoms in total. The van der Waals surface area contributed by atoms with Crippen molar-refractivity contribution in [2.75, 3.05) is 13.1 Å². The van der Waals surface area contributed by atoms with Gasteiger partial charge in [0, 0.05) is 24.0 Å². The van der Waals surface area contributed by atoms with Crippen molar-refractivity contribution in [3.8, 4) is 0 Å². The molecular weight excluding hydrogens is 236 g/mol. The van der Waals surface area contributed by atoms with Crippen molar-refractivity contribution in [3.63, 3.8) is 0 Å². The zero-order chi connectivity index (χ0) is 14.1. The minimum atomic E-state index is -0.0324. The first-order valence-corrected chi connectivity index (χ1v) is 6.73. The highest BCUT2D eigenvalue weighted by Crippen LogP contribution is 2.25. The van der Waals surface area contributed by atoms with E-state index in [1.54, 1.807) is 6.33 Å². The molecule has 0 amide bonds. The third-order valence-corrected chi connectivity index (χ3v) is 3.72. The lowest BCUT2D eigenvalue weighted by atomic mass is 9.83. The van der Waals surface area contributed by atoms with E-state index in [-0.39, 0.29) is 11.0 Å². The third-order valence-electron chi connectivity index (χ3n) is 3.72. The molecule has 0 aliphatic heterocycles. The van der Waals surface area contributed by atoms with Gasteiger partial charge in [-0.05, 0) is 31.5 Å². The number of hydrogen-bond donors (Lipinski definition) is 3. The van der Waals surface area contributed by atoms with Gasteiger partial charge in [0.15, 0.2) is 0 Å². The molecule has 0 unspecified atom stereocenters. The zero-order valence-electron chi connectivity index (χ0n) is 12.2. The Morgan fingerprint density at radius 1 is 1.26 bits per heavy atom. The molecule has 0 aliphatic carbocycles. The Balaban J connectivity index is 2.18. The molecule has 104 valence electrons. The number of imidazole rings is 1. The zero-order valence-corrected chi connectivity index (χ0v) is 12.2. The largest absolute Gasteiger partial charge is 0.345 e. The van der Waals surface area contributed by atoms with Gasteiger partial charge in [-0.2, -0.15) is 0 Å². The number of nitrogens with one attached hydrogen (secondary N) is 2. The molecule has 0 bridgehead atoms. The Kier molecular flexibility index (Phi) is 3.65. The summed E-state index contributed by atoms with van der Waals surface area (Å²) in [5.74, 6) is 0. The van der Waals surface area contributed by atoms with Gasteiger partial charge in [-0.1, -0.05) is 19.9 Å². The van der Waals surface area contributed by atoms with Crippen molar-refractivity contribution in [1.82, 2.24) is 15.3 Å². The van der Waals surface area contributed by atoms with Crippen LogP contribution in [0.3, 0.4) is 0 Å². The van der Waals surface area contributed by atoms with Crippen LogP contribution in [0.15, 0.2) is 24.5 Å². The Morgan fingerprint density at radius 3 is 2.68 bits per heavy atom. The second-order valence-electron chi connectivity index (χ2n) is 6.46. The SMILES string of the molecule is CC(C)(CN)NCC(C)(C)c1ccc2nc[nH]c2c1. The maximum Gasteiger partial charge on any atom is 0.0931 e. The molecule has 0 aliphatic rings. The second kappa shape index (κ2) is 4.94. The van der Waals surface area contributed by atoms with Gasteiger partial charge in [0.1, 0.15) is 0 Å². The highest BCUT2D eigenvalue weighted by molar-refractivity contribution is 5.75. The summed E-state index contributed by atoms with van der Waals surface area (Å²) in [6.45, 7) is 10.2. The Morgan fingerprint density at radius 2 is 2.00 bits per heavy atom. The first-order chi connectivity index (χ1) is 8.84. The molecule has 0 spiro atoms.